The SMILES string of the molecule is COCCNC(=O)/C(C#N)=C/c1ccc(OC(=O)c2ccc(Cl)cc2)cc1. The predicted octanol–water partition coefficient (Wildman–Crippen LogP) is 3.23. The molecule has 1 N–H and O–H groups in total. The molecule has 0 aliphatic heterocycles. The van der Waals surface area contributed by atoms with Crippen molar-refractivity contribution < 1.29 is 19.1 Å². The van der Waals surface area contributed by atoms with Crippen molar-refractivity contribution in [2.24, 2.45) is 0 Å². The second-order valence-corrected chi connectivity index (χ2v) is 5.82. The first-order valence-corrected chi connectivity index (χ1v) is 8.38. The van der Waals surface area contributed by atoms with E-state index in [0.29, 0.717) is 35.1 Å². The molecule has 2 rings (SSSR count). The number of rotatable bonds is 7. The van der Waals surface area contributed by atoms with E-state index in [-0.39, 0.29) is 5.57 Å². The van der Waals surface area contributed by atoms with Crippen molar-refractivity contribution in [1.29, 1.82) is 5.26 Å². The summed E-state index contributed by atoms with van der Waals surface area (Å²) in [6.07, 6.45) is 1.45. The molecule has 6 nitrogen and oxygen atoms in total. The molecular weight excluding hydrogens is 368 g/mol. The molecule has 27 heavy (non-hydrogen) atoms. The highest BCUT2D eigenvalue weighted by atomic mass is 35.5. The van der Waals surface area contributed by atoms with E-state index < -0.39 is 11.9 Å². The van der Waals surface area contributed by atoms with Crippen LogP contribution in [0.2, 0.25) is 5.02 Å². The van der Waals surface area contributed by atoms with E-state index in [9.17, 15) is 9.59 Å². The highest BCUT2D eigenvalue weighted by Crippen LogP contribution is 2.17. The van der Waals surface area contributed by atoms with Crippen LogP contribution >= 0.6 is 11.6 Å². The van der Waals surface area contributed by atoms with Crippen LogP contribution in [-0.2, 0) is 9.53 Å². The Morgan fingerprint density at radius 1 is 1.15 bits per heavy atom. The monoisotopic (exact) mass is 384 g/mol. The predicted molar refractivity (Wildman–Crippen MR) is 101 cm³/mol. The number of ether oxygens (including phenoxy) is 2. The Balaban J connectivity index is 2.03. The third-order valence-corrected chi connectivity index (χ3v) is 3.69. The van der Waals surface area contributed by atoms with E-state index >= 15 is 0 Å². The first-order valence-electron chi connectivity index (χ1n) is 8.00. The van der Waals surface area contributed by atoms with Crippen LogP contribution in [0.4, 0.5) is 0 Å². The number of halogens is 1. The van der Waals surface area contributed by atoms with Crippen molar-refractivity contribution in [3.05, 3.63) is 70.3 Å². The Morgan fingerprint density at radius 2 is 1.81 bits per heavy atom. The molecule has 0 radical (unpaired) electrons. The number of esters is 1. The molecule has 0 atom stereocenters. The number of amides is 1. The van der Waals surface area contributed by atoms with Crippen LogP contribution in [0.25, 0.3) is 6.08 Å². The molecule has 2 aromatic rings. The standard InChI is InChI=1S/C20H17ClN2O4/c1-26-11-10-23-19(24)16(13-22)12-14-2-8-18(9-3-14)27-20(25)15-4-6-17(21)7-5-15/h2-9,12H,10-11H2,1H3,(H,23,24)/b16-12+. The number of hydrogen-bond donors (Lipinski definition) is 1. The van der Waals surface area contributed by atoms with E-state index in [1.165, 1.54) is 13.2 Å². The van der Waals surface area contributed by atoms with Crippen molar-refractivity contribution in [1.82, 2.24) is 5.32 Å². The van der Waals surface area contributed by atoms with Gasteiger partial charge in [0.1, 0.15) is 17.4 Å². The molecule has 0 bridgehead atoms. The lowest BCUT2D eigenvalue weighted by molar-refractivity contribution is -0.117. The highest BCUT2D eigenvalue weighted by molar-refractivity contribution is 6.30. The maximum Gasteiger partial charge on any atom is 0.343 e. The third kappa shape index (κ3) is 6.26. The fraction of sp³-hybridized carbons (Fsp3) is 0.150. The van der Waals surface area contributed by atoms with Crippen LogP contribution in [0.1, 0.15) is 15.9 Å². The molecular formula is C20H17ClN2O4. The number of methoxy groups -OCH3 is 1. The van der Waals surface area contributed by atoms with Gasteiger partial charge in [0.05, 0.1) is 12.2 Å². The molecule has 138 valence electrons. The summed E-state index contributed by atoms with van der Waals surface area (Å²) in [7, 11) is 1.52. The largest absolute Gasteiger partial charge is 0.423 e. The maximum atomic E-state index is 12.1. The number of carbonyl (C=O) groups excluding carboxylic acids is 2. The van der Waals surface area contributed by atoms with Crippen LogP contribution in [-0.4, -0.2) is 32.1 Å². The summed E-state index contributed by atoms with van der Waals surface area (Å²) in [6, 6.07) is 14.7. The highest BCUT2D eigenvalue weighted by Gasteiger charge is 2.10. The lowest BCUT2D eigenvalue weighted by atomic mass is 10.1. The first kappa shape index (κ1) is 20.2. The fourth-order valence-corrected chi connectivity index (χ4v) is 2.19. The Hall–Kier alpha value is -3.14. The molecule has 0 aromatic heterocycles. The van der Waals surface area contributed by atoms with Gasteiger partial charge in [-0.3, -0.25) is 4.79 Å². The van der Waals surface area contributed by atoms with Crippen molar-refractivity contribution >= 4 is 29.6 Å². The maximum absolute atomic E-state index is 12.1. The molecule has 0 saturated carbocycles. The summed E-state index contributed by atoms with van der Waals surface area (Å²) in [6.45, 7) is 0.673. The number of hydrogen-bond acceptors (Lipinski definition) is 5. The zero-order chi connectivity index (χ0) is 19.6. The zero-order valence-corrected chi connectivity index (χ0v) is 15.3. The first-order chi connectivity index (χ1) is 13.0. The summed E-state index contributed by atoms with van der Waals surface area (Å²) >= 11 is 5.79. The average Bonchev–Trinajstić information content (AvgIpc) is 2.68. The van der Waals surface area contributed by atoms with E-state index in [2.05, 4.69) is 5.32 Å². The summed E-state index contributed by atoms with van der Waals surface area (Å²) in [5.41, 5.74) is 0.972. The molecule has 0 heterocycles. The van der Waals surface area contributed by atoms with E-state index in [1.807, 2.05) is 6.07 Å². The number of nitrogens with zero attached hydrogens (tertiary/aromatic N) is 1. The van der Waals surface area contributed by atoms with Gasteiger partial charge in [0, 0.05) is 18.7 Å². The minimum absolute atomic E-state index is 0.0305. The van der Waals surface area contributed by atoms with Gasteiger partial charge < -0.3 is 14.8 Å². The van der Waals surface area contributed by atoms with Gasteiger partial charge in [-0.05, 0) is 48.0 Å². The number of nitriles is 1. The minimum atomic E-state index is -0.509. The van der Waals surface area contributed by atoms with Gasteiger partial charge in [-0.15, -0.1) is 0 Å². The average molecular weight is 385 g/mol. The number of carbonyl (C=O) groups is 2. The summed E-state index contributed by atoms with van der Waals surface area (Å²) in [5, 5.41) is 12.3. The van der Waals surface area contributed by atoms with Crippen LogP contribution in [0.3, 0.4) is 0 Å². The normalized spacial score (nSPS) is 10.8. The van der Waals surface area contributed by atoms with Gasteiger partial charge in [0.25, 0.3) is 5.91 Å². The summed E-state index contributed by atoms with van der Waals surface area (Å²) in [4.78, 5) is 24.0. The summed E-state index contributed by atoms with van der Waals surface area (Å²) < 4.78 is 10.1. The van der Waals surface area contributed by atoms with Crippen molar-refractivity contribution in [2.75, 3.05) is 20.3 Å². The molecule has 0 aliphatic carbocycles. The van der Waals surface area contributed by atoms with Gasteiger partial charge in [-0.2, -0.15) is 5.26 Å². The van der Waals surface area contributed by atoms with Gasteiger partial charge in [0.2, 0.25) is 0 Å². The lowest BCUT2D eigenvalue weighted by Crippen LogP contribution is -2.27. The molecule has 1 amide bonds. The zero-order valence-electron chi connectivity index (χ0n) is 14.6. The molecule has 0 unspecified atom stereocenters. The van der Waals surface area contributed by atoms with Crippen LogP contribution in [0.15, 0.2) is 54.1 Å². The minimum Gasteiger partial charge on any atom is -0.423 e. The van der Waals surface area contributed by atoms with Crippen molar-refractivity contribution in [3.63, 3.8) is 0 Å². The smallest absolute Gasteiger partial charge is 0.343 e. The quantitative estimate of drug-likeness (QED) is 0.260. The molecule has 0 spiro atoms. The van der Waals surface area contributed by atoms with Crippen LogP contribution in [0.5, 0.6) is 5.75 Å². The second kappa shape index (κ2) is 10.1. The number of nitrogens with one attached hydrogen (secondary N) is 1. The van der Waals surface area contributed by atoms with Gasteiger partial charge >= 0.3 is 5.97 Å². The van der Waals surface area contributed by atoms with Crippen molar-refractivity contribution in [2.45, 2.75) is 0 Å². The number of benzene rings is 2. The van der Waals surface area contributed by atoms with Gasteiger partial charge in [-0.25, -0.2) is 4.79 Å². The van der Waals surface area contributed by atoms with Gasteiger partial charge in [0.15, 0.2) is 0 Å². The summed E-state index contributed by atoms with van der Waals surface area (Å²) in [5.74, 6) is -0.645. The van der Waals surface area contributed by atoms with E-state index in [0.717, 1.165) is 0 Å². The fourth-order valence-electron chi connectivity index (χ4n) is 2.06. The topological polar surface area (TPSA) is 88.4 Å². The molecule has 0 aliphatic rings. The third-order valence-electron chi connectivity index (χ3n) is 3.44. The molecule has 2 aromatic carbocycles. The van der Waals surface area contributed by atoms with E-state index in [4.69, 9.17) is 26.3 Å². The molecule has 0 fully saturated rings. The Kier molecular flexibility index (Phi) is 7.56. The Morgan fingerprint density at radius 3 is 2.41 bits per heavy atom. The van der Waals surface area contributed by atoms with Gasteiger partial charge in [-0.1, -0.05) is 23.7 Å². The van der Waals surface area contributed by atoms with Crippen LogP contribution < -0.4 is 10.1 Å². The molecule has 0 saturated heterocycles. The molecule has 7 heteroatoms. The Bertz CT molecular complexity index is 868. The van der Waals surface area contributed by atoms with Crippen LogP contribution in [0, 0.1) is 11.3 Å². The Labute approximate surface area is 162 Å². The van der Waals surface area contributed by atoms with E-state index in [1.54, 1.807) is 48.5 Å². The lowest BCUT2D eigenvalue weighted by Gasteiger charge is -2.05. The second-order valence-electron chi connectivity index (χ2n) is 5.38. The van der Waals surface area contributed by atoms with Crippen molar-refractivity contribution in [3.8, 4) is 11.8 Å².